The van der Waals surface area contributed by atoms with Crippen LogP contribution in [0.15, 0.2) is 16.5 Å². The number of hydrogen-bond donors (Lipinski definition) is 1. The number of nitrogens with one attached hydrogen (secondary N) is 1. The summed E-state index contributed by atoms with van der Waals surface area (Å²) < 4.78 is 11.7. The van der Waals surface area contributed by atoms with Crippen molar-refractivity contribution in [3.8, 4) is 0 Å². The smallest absolute Gasteiger partial charge is 0.129 e. The molecule has 1 heterocycles. The largest absolute Gasteiger partial charge is 0.462 e. The average molecular weight is 251 g/mol. The summed E-state index contributed by atoms with van der Waals surface area (Å²) in [7, 11) is 0. The molecule has 0 aromatic carbocycles. The number of rotatable bonds is 6. The normalized spacial score (nSPS) is 24.3. The van der Waals surface area contributed by atoms with E-state index in [1.165, 1.54) is 25.7 Å². The molecule has 0 bridgehead atoms. The fourth-order valence-electron chi connectivity index (χ4n) is 2.56. The van der Waals surface area contributed by atoms with E-state index in [4.69, 9.17) is 9.15 Å². The van der Waals surface area contributed by atoms with E-state index >= 15 is 0 Å². The zero-order chi connectivity index (χ0) is 12.8. The molecular weight excluding hydrogens is 226 g/mol. The number of hydrogen-bond acceptors (Lipinski definition) is 3. The van der Waals surface area contributed by atoms with Crippen molar-refractivity contribution < 1.29 is 9.15 Å². The fourth-order valence-corrected chi connectivity index (χ4v) is 2.56. The van der Waals surface area contributed by atoms with Crippen molar-refractivity contribution in [1.29, 1.82) is 0 Å². The third-order valence-corrected chi connectivity index (χ3v) is 3.74. The second-order valence-electron chi connectivity index (χ2n) is 5.26. The molecule has 1 aliphatic rings. The highest BCUT2D eigenvalue weighted by Gasteiger charge is 2.22. The number of ether oxygens (including phenoxy) is 1. The monoisotopic (exact) mass is 251 g/mol. The maximum atomic E-state index is 5.98. The van der Waals surface area contributed by atoms with Crippen LogP contribution in [0.3, 0.4) is 0 Å². The van der Waals surface area contributed by atoms with Crippen LogP contribution in [0.1, 0.15) is 51.1 Å². The van der Waals surface area contributed by atoms with E-state index in [9.17, 15) is 0 Å². The van der Waals surface area contributed by atoms with E-state index < -0.39 is 0 Å². The van der Waals surface area contributed by atoms with Crippen LogP contribution >= 0.6 is 0 Å². The lowest BCUT2D eigenvalue weighted by Gasteiger charge is -2.28. The summed E-state index contributed by atoms with van der Waals surface area (Å²) in [6.07, 6.45) is 5.58. The van der Waals surface area contributed by atoms with Crippen molar-refractivity contribution in [3.63, 3.8) is 0 Å². The van der Waals surface area contributed by atoms with Gasteiger partial charge in [0, 0.05) is 0 Å². The summed E-state index contributed by atoms with van der Waals surface area (Å²) in [4.78, 5) is 0. The third kappa shape index (κ3) is 3.85. The van der Waals surface area contributed by atoms with Crippen LogP contribution in [0.4, 0.5) is 0 Å². The lowest BCUT2D eigenvalue weighted by molar-refractivity contribution is -0.0222. The molecule has 2 atom stereocenters. The highest BCUT2D eigenvalue weighted by atomic mass is 16.5. The van der Waals surface area contributed by atoms with Crippen molar-refractivity contribution in [1.82, 2.24) is 5.32 Å². The molecule has 102 valence electrons. The minimum atomic E-state index is 0.418. The molecule has 0 aliphatic heterocycles. The Morgan fingerprint density at radius 3 is 2.83 bits per heavy atom. The first-order valence-corrected chi connectivity index (χ1v) is 7.19. The minimum absolute atomic E-state index is 0.418. The van der Waals surface area contributed by atoms with Crippen LogP contribution in [0.25, 0.3) is 0 Å². The predicted molar refractivity (Wildman–Crippen MR) is 72.3 cm³/mol. The van der Waals surface area contributed by atoms with Crippen LogP contribution in [-0.2, 0) is 17.9 Å². The molecule has 0 spiro atoms. The SMILES string of the molecule is CCNCc1ccc(COC2CCCCC2C)o1. The maximum absolute atomic E-state index is 5.98. The van der Waals surface area contributed by atoms with Gasteiger partial charge in [-0.15, -0.1) is 0 Å². The standard InChI is InChI=1S/C15H25NO2/c1-3-16-10-13-8-9-14(18-13)11-17-15-7-5-4-6-12(15)2/h8-9,12,15-16H,3-7,10-11H2,1-2H3. The molecule has 2 unspecified atom stereocenters. The fraction of sp³-hybridized carbons (Fsp3) is 0.733. The van der Waals surface area contributed by atoms with Crippen LogP contribution in [-0.4, -0.2) is 12.6 Å². The van der Waals surface area contributed by atoms with Gasteiger partial charge in [0.1, 0.15) is 18.1 Å². The Morgan fingerprint density at radius 1 is 1.28 bits per heavy atom. The molecule has 1 aromatic rings. The Hall–Kier alpha value is -0.800. The van der Waals surface area contributed by atoms with E-state index in [2.05, 4.69) is 19.2 Å². The average Bonchev–Trinajstić information content (AvgIpc) is 2.83. The van der Waals surface area contributed by atoms with Gasteiger partial charge in [0.05, 0.1) is 12.6 Å². The summed E-state index contributed by atoms with van der Waals surface area (Å²) >= 11 is 0. The van der Waals surface area contributed by atoms with Gasteiger partial charge in [0.2, 0.25) is 0 Å². The van der Waals surface area contributed by atoms with Gasteiger partial charge < -0.3 is 14.5 Å². The van der Waals surface area contributed by atoms with Crippen molar-refractivity contribution in [2.45, 2.75) is 58.8 Å². The Bertz CT molecular complexity index is 348. The molecule has 1 fully saturated rings. The quantitative estimate of drug-likeness (QED) is 0.840. The van der Waals surface area contributed by atoms with Crippen molar-refractivity contribution in [2.75, 3.05) is 6.54 Å². The molecule has 2 rings (SSSR count). The molecule has 1 N–H and O–H groups in total. The zero-order valence-electron chi connectivity index (χ0n) is 11.6. The van der Waals surface area contributed by atoms with Crippen LogP contribution in [0, 0.1) is 5.92 Å². The number of furan rings is 1. The first-order valence-electron chi connectivity index (χ1n) is 7.19. The van der Waals surface area contributed by atoms with Gasteiger partial charge >= 0.3 is 0 Å². The highest BCUT2D eigenvalue weighted by Crippen LogP contribution is 2.27. The second-order valence-corrected chi connectivity index (χ2v) is 5.26. The second kappa shape index (κ2) is 6.95. The van der Waals surface area contributed by atoms with E-state index in [-0.39, 0.29) is 0 Å². The van der Waals surface area contributed by atoms with E-state index in [0.717, 1.165) is 24.6 Å². The molecular formula is C15H25NO2. The Kier molecular flexibility index (Phi) is 5.26. The van der Waals surface area contributed by atoms with Gasteiger partial charge in [0.15, 0.2) is 0 Å². The molecule has 1 aromatic heterocycles. The molecule has 0 radical (unpaired) electrons. The topological polar surface area (TPSA) is 34.4 Å². The maximum Gasteiger partial charge on any atom is 0.129 e. The van der Waals surface area contributed by atoms with Crippen molar-refractivity contribution >= 4 is 0 Å². The Labute approximate surface area is 110 Å². The summed E-state index contributed by atoms with van der Waals surface area (Å²) in [5, 5.41) is 3.26. The predicted octanol–water partition coefficient (Wildman–Crippen LogP) is 3.48. The highest BCUT2D eigenvalue weighted by molar-refractivity contribution is 5.06. The molecule has 1 saturated carbocycles. The van der Waals surface area contributed by atoms with Gasteiger partial charge in [-0.1, -0.05) is 26.7 Å². The molecule has 0 amide bonds. The lowest BCUT2D eigenvalue weighted by Crippen LogP contribution is -2.25. The van der Waals surface area contributed by atoms with Gasteiger partial charge in [-0.05, 0) is 37.4 Å². The van der Waals surface area contributed by atoms with Crippen LogP contribution in [0.2, 0.25) is 0 Å². The van der Waals surface area contributed by atoms with Gasteiger partial charge in [-0.25, -0.2) is 0 Å². The van der Waals surface area contributed by atoms with E-state index in [1.54, 1.807) is 0 Å². The summed E-state index contributed by atoms with van der Waals surface area (Å²) in [5.74, 6) is 2.63. The lowest BCUT2D eigenvalue weighted by atomic mass is 9.88. The third-order valence-electron chi connectivity index (χ3n) is 3.74. The van der Waals surface area contributed by atoms with Crippen molar-refractivity contribution in [2.24, 2.45) is 5.92 Å². The molecule has 3 nitrogen and oxygen atoms in total. The minimum Gasteiger partial charge on any atom is -0.462 e. The van der Waals surface area contributed by atoms with Crippen LogP contribution in [0.5, 0.6) is 0 Å². The summed E-state index contributed by atoms with van der Waals surface area (Å²) in [6.45, 7) is 6.77. The van der Waals surface area contributed by atoms with Crippen molar-refractivity contribution in [3.05, 3.63) is 23.7 Å². The van der Waals surface area contributed by atoms with Gasteiger partial charge in [-0.2, -0.15) is 0 Å². The molecule has 0 saturated heterocycles. The van der Waals surface area contributed by atoms with E-state index in [1.807, 2.05) is 12.1 Å². The zero-order valence-corrected chi connectivity index (χ0v) is 11.6. The summed E-state index contributed by atoms with van der Waals surface area (Å²) in [5.41, 5.74) is 0. The van der Waals surface area contributed by atoms with Crippen LogP contribution < -0.4 is 5.32 Å². The van der Waals surface area contributed by atoms with Gasteiger partial charge in [0.25, 0.3) is 0 Å². The first kappa shape index (κ1) is 13.6. The Morgan fingerprint density at radius 2 is 2.06 bits per heavy atom. The summed E-state index contributed by atoms with van der Waals surface area (Å²) in [6, 6.07) is 4.06. The molecule has 18 heavy (non-hydrogen) atoms. The van der Waals surface area contributed by atoms with Gasteiger partial charge in [-0.3, -0.25) is 0 Å². The molecule has 1 aliphatic carbocycles. The van der Waals surface area contributed by atoms with E-state index in [0.29, 0.717) is 18.6 Å². The molecule has 3 heteroatoms. The Balaban J connectivity index is 1.77. The first-order chi connectivity index (χ1) is 8.79.